The molecule has 1 heterocycles. The van der Waals surface area contributed by atoms with Crippen LogP contribution in [-0.2, 0) is 16.0 Å². The minimum absolute atomic E-state index is 0.000178. The van der Waals surface area contributed by atoms with Gasteiger partial charge in [0.2, 0.25) is 11.8 Å². The Labute approximate surface area is 146 Å². The van der Waals surface area contributed by atoms with Crippen molar-refractivity contribution in [3.8, 4) is 5.75 Å². The van der Waals surface area contributed by atoms with Gasteiger partial charge in [0.1, 0.15) is 12.3 Å². The van der Waals surface area contributed by atoms with Crippen LogP contribution >= 0.6 is 0 Å². The number of hydrogen-bond donors (Lipinski definition) is 0. The molecule has 25 heavy (non-hydrogen) atoms. The predicted octanol–water partition coefficient (Wildman–Crippen LogP) is 2.78. The number of amides is 2. The average molecular weight is 336 g/mol. The number of methoxy groups -OCH3 is 1. The number of benzene rings is 2. The first kappa shape index (κ1) is 15.7. The number of hydrogen-bond acceptors (Lipinski definition) is 3. The highest BCUT2D eigenvalue weighted by molar-refractivity contribution is 6.11. The van der Waals surface area contributed by atoms with Crippen LogP contribution in [0.1, 0.15) is 18.4 Å². The predicted molar refractivity (Wildman–Crippen MR) is 96.0 cm³/mol. The van der Waals surface area contributed by atoms with Crippen molar-refractivity contribution in [2.75, 3.05) is 23.5 Å². The van der Waals surface area contributed by atoms with Gasteiger partial charge in [-0.05, 0) is 42.7 Å². The Bertz CT molecular complexity index is 829. The van der Waals surface area contributed by atoms with Gasteiger partial charge in [-0.15, -0.1) is 0 Å². The van der Waals surface area contributed by atoms with Gasteiger partial charge in [0.25, 0.3) is 0 Å². The molecule has 128 valence electrons. The van der Waals surface area contributed by atoms with E-state index in [4.69, 9.17) is 4.74 Å². The lowest BCUT2D eigenvalue weighted by molar-refractivity contribution is -0.122. The Balaban J connectivity index is 1.62. The summed E-state index contributed by atoms with van der Waals surface area (Å²) in [5.41, 5.74) is 2.54. The molecule has 0 bridgehead atoms. The summed E-state index contributed by atoms with van der Waals surface area (Å²) in [6.07, 6.45) is 2.32. The first-order valence-corrected chi connectivity index (χ1v) is 8.52. The largest absolute Gasteiger partial charge is 0.497 e. The Morgan fingerprint density at radius 2 is 1.88 bits per heavy atom. The quantitative estimate of drug-likeness (QED) is 0.863. The van der Waals surface area contributed by atoms with E-state index in [1.165, 1.54) is 0 Å². The van der Waals surface area contributed by atoms with E-state index in [0.717, 1.165) is 35.5 Å². The highest BCUT2D eigenvalue weighted by atomic mass is 16.5. The van der Waals surface area contributed by atoms with Crippen LogP contribution in [-0.4, -0.2) is 31.5 Å². The van der Waals surface area contributed by atoms with Crippen LogP contribution in [0.2, 0.25) is 0 Å². The molecule has 0 N–H and O–H groups in total. The second-order valence-corrected chi connectivity index (χ2v) is 6.49. The van der Waals surface area contributed by atoms with Gasteiger partial charge in [0.15, 0.2) is 0 Å². The number of anilines is 2. The maximum absolute atomic E-state index is 12.9. The molecule has 2 aliphatic rings. The van der Waals surface area contributed by atoms with Gasteiger partial charge in [0, 0.05) is 6.04 Å². The van der Waals surface area contributed by atoms with Gasteiger partial charge in [-0.3, -0.25) is 9.59 Å². The summed E-state index contributed by atoms with van der Waals surface area (Å²) in [5, 5.41) is 0. The molecule has 0 radical (unpaired) electrons. The second-order valence-electron chi connectivity index (χ2n) is 6.49. The number of rotatable bonds is 4. The fraction of sp³-hybridized carbons (Fsp3) is 0.300. The summed E-state index contributed by atoms with van der Waals surface area (Å²) in [6, 6.07) is 15.4. The molecule has 2 aromatic carbocycles. The van der Waals surface area contributed by atoms with E-state index in [0.29, 0.717) is 6.04 Å². The SMILES string of the molecule is COc1cccc(CC(=O)N2CC(=O)N(C3CC3)c3ccccc32)c1. The van der Waals surface area contributed by atoms with E-state index in [1.54, 1.807) is 12.0 Å². The van der Waals surface area contributed by atoms with Crippen molar-refractivity contribution in [2.45, 2.75) is 25.3 Å². The molecule has 0 unspecified atom stereocenters. The zero-order chi connectivity index (χ0) is 17.4. The summed E-state index contributed by atoms with van der Waals surface area (Å²) in [6.45, 7) is 0.107. The standard InChI is InChI=1S/C20H20N2O3/c1-25-16-6-4-5-14(11-16)12-19(23)21-13-20(24)22(15-9-10-15)18-8-3-2-7-17(18)21/h2-8,11,15H,9-10,12-13H2,1H3. The monoisotopic (exact) mass is 336 g/mol. The number of carbonyl (C=O) groups excluding carboxylic acids is 2. The van der Waals surface area contributed by atoms with Crippen LogP contribution in [0.4, 0.5) is 11.4 Å². The average Bonchev–Trinajstić information content (AvgIpc) is 3.46. The summed E-state index contributed by atoms with van der Waals surface area (Å²) in [7, 11) is 1.60. The Hall–Kier alpha value is -2.82. The highest BCUT2D eigenvalue weighted by Crippen LogP contribution is 2.40. The molecule has 5 nitrogen and oxygen atoms in total. The summed E-state index contributed by atoms with van der Waals surface area (Å²) in [5.74, 6) is 0.644. The molecule has 1 aliphatic heterocycles. The Morgan fingerprint density at radius 3 is 2.60 bits per heavy atom. The summed E-state index contributed by atoms with van der Waals surface area (Å²) < 4.78 is 5.22. The topological polar surface area (TPSA) is 49.9 Å². The molecule has 0 atom stereocenters. The third kappa shape index (κ3) is 2.97. The number of para-hydroxylation sites is 2. The molecule has 1 saturated carbocycles. The molecular formula is C20H20N2O3. The lowest BCUT2D eigenvalue weighted by Crippen LogP contribution is -2.49. The van der Waals surface area contributed by atoms with Crippen molar-refractivity contribution < 1.29 is 14.3 Å². The first-order chi connectivity index (χ1) is 12.2. The summed E-state index contributed by atoms with van der Waals surface area (Å²) in [4.78, 5) is 29.0. The van der Waals surface area contributed by atoms with Gasteiger partial charge >= 0.3 is 0 Å². The van der Waals surface area contributed by atoms with Gasteiger partial charge in [0.05, 0.1) is 24.9 Å². The number of nitrogens with zero attached hydrogens (tertiary/aromatic N) is 2. The van der Waals surface area contributed by atoms with Crippen molar-refractivity contribution in [1.29, 1.82) is 0 Å². The molecule has 0 saturated heterocycles. The van der Waals surface area contributed by atoms with E-state index in [1.807, 2.05) is 53.4 Å². The van der Waals surface area contributed by atoms with E-state index >= 15 is 0 Å². The minimum Gasteiger partial charge on any atom is -0.497 e. The molecule has 1 aliphatic carbocycles. The molecule has 5 heteroatoms. The van der Waals surface area contributed by atoms with Crippen LogP contribution < -0.4 is 14.5 Å². The minimum atomic E-state index is -0.0792. The Kier molecular flexibility index (Phi) is 3.92. The third-order valence-corrected chi connectivity index (χ3v) is 4.70. The maximum Gasteiger partial charge on any atom is 0.247 e. The lowest BCUT2D eigenvalue weighted by atomic mass is 10.1. The number of fused-ring (bicyclic) bond motifs is 1. The van der Waals surface area contributed by atoms with E-state index in [2.05, 4.69) is 0 Å². The molecule has 1 fully saturated rings. The van der Waals surface area contributed by atoms with E-state index in [9.17, 15) is 9.59 Å². The molecule has 2 amide bonds. The fourth-order valence-electron chi connectivity index (χ4n) is 3.34. The van der Waals surface area contributed by atoms with Crippen LogP contribution in [0, 0.1) is 0 Å². The second kappa shape index (κ2) is 6.24. The number of carbonyl (C=O) groups is 2. The normalized spacial score (nSPS) is 16.6. The highest BCUT2D eigenvalue weighted by Gasteiger charge is 2.40. The molecular weight excluding hydrogens is 316 g/mol. The Morgan fingerprint density at radius 1 is 1.12 bits per heavy atom. The van der Waals surface area contributed by atoms with Crippen molar-refractivity contribution in [3.63, 3.8) is 0 Å². The fourth-order valence-corrected chi connectivity index (χ4v) is 3.34. The molecule has 2 aromatic rings. The van der Waals surface area contributed by atoms with Crippen molar-refractivity contribution in [1.82, 2.24) is 0 Å². The van der Waals surface area contributed by atoms with E-state index < -0.39 is 0 Å². The molecule has 0 aromatic heterocycles. The molecule has 0 spiro atoms. The lowest BCUT2D eigenvalue weighted by Gasteiger charge is -2.36. The van der Waals surface area contributed by atoms with E-state index in [-0.39, 0.29) is 24.8 Å². The summed E-state index contributed by atoms with van der Waals surface area (Å²) >= 11 is 0. The molecule has 4 rings (SSSR count). The van der Waals surface area contributed by atoms with Gasteiger partial charge in [-0.25, -0.2) is 0 Å². The smallest absolute Gasteiger partial charge is 0.247 e. The van der Waals surface area contributed by atoms with Crippen LogP contribution in [0.5, 0.6) is 5.75 Å². The first-order valence-electron chi connectivity index (χ1n) is 8.52. The zero-order valence-electron chi connectivity index (χ0n) is 14.1. The van der Waals surface area contributed by atoms with Crippen molar-refractivity contribution in [2.24, 2.45) is 0 Å². The van der Waals surface area contributed by atoms with Crippen LogP contribution in [0.3, 0.4) is 0 Å². The van der Waals surface area contributed by atoms with Gasteiger partial charge in [-0.2, -0.15) is 0 Å². The van der Waals surface area contributed by atoms with Crippen LogP contribution in [0.15, 0.2) is 48.5 Å². The zero-order valence-corrected chi connectivity index (χ0v) is 14.1. The third-order valence-electron chi connectivity index (χ3n) is 4.70. The van der Waals surface area contributed by atoms with Crippen molar-refractivity contribution in [3.05, 3.63) is 54.1 Å². The van der Waals surface area contributed by atoms with Crippen LogP contribution in [0.25, 0.3) is 0 Å². The van der Waals surface area contributed by atoms with Gasteiger partial charge in [-0.1, -0.05) is 24.3 Å². The number of ether oxygens (including phenoxy) is 1. The van der Waals surface area contributed by atoms with Gasteiger partial charge < -0.3 is 14.5 Å². The maximum atomic E-state index is 12.9. The van der Waals surface area contributed by atoms with Crippen molar-refractivity contribution >= 4 is 23.2 Å².